The predicted octanol–water partition coefficient (Wildman–Crippen LogP) is 3.11. The summed E-state index contributed by atoms with van der Waals surface area (Å²) < 4.78 is 1.13. The first-order chi connectivity index (χ1) is 8.29. The van der Waals surface area contributed by atoms with Gasteiger partial charge in [0.05, 0.1) is 0 Å². The normalized spacial score (nSPS) is 22.4. The van der Waals surface area contributed by atoms with Gasteiger partial charge in [0.1, 0.15) is 0 Å². The summed E-state index contributed by atoms with van der Waals surface area (Å²) in [5.74, 6) is 6.99. The van der Waals surface area contributed by atoms with E-state index in [0.717, 1.165) is 10.9 Å². The van der Waals surface area contributed by atoms with Crippen LogP contribution >= 0.6 is 27.7 Å². The zero-order valence-corrected chi connectivity index (χ0v) is 12.3. The zero-order chi connectivity index (χ0) is 12.1. The van der Waals surface area contributed by atoms with E-state index in [-0.39, 0.29) is 0 Å². The van der Waals surface area contributed by atoms with Crippen molar-refractivity contribution in [1.29, 1.82) is 0 Å². The lowest BCUT2D eigenvalue weighted by atomic mass is 10.00. The molecule has 1 saturated heterocycles. The van der Waals surface area contributed by atoms with Crippen molar-refractivity contribution in [2.75, 3.05) is 5.75 Å². The third-order valence-electron chi connectivity index (χ3n) is 3.25. The lowest BCUT2D eigenvalue weighted by Crippen LogP contribution is -2.45. The number of nitrogens with one attached hydrogen (secondary N) is 1. The van der Waals surface area contributed by atoms with Crippen LogP contribution in [0, 0.1) is 0 Å². The number of benzene rings is 1. The van der Waals surface area contributed by atoms with Gasteiger partial charge < -0.3 is 0 Å². The molecule has 2 unspecified atom stereocenters. The highest BCUT2D eigenvalue weighted by molar-refractivity contribution is 9.10. The molecule has 94 valence electrons. The van der Waals surface area contributed by atoms with Gasteiger partial charge in [-0.05, 0) is 42.7 Å². The van der Waals surface area contributed by atoms with Crippen molar-refractivity contribution in [3.8, 4) is 0 Å². The second-order valence-electron chi connectivity index (χ2n) is 4.51. The Balaban J connectivity index is 1.96. The van der Waals surface area contributed by atoms with Gasteiger partial charge in [0.25, 0.3) is 0 Å². The van der Waals surface area contributed by atoms with Crippen LogP contribution in [-0.2, 0) is 6.42 Å². The van der Waals surface area contributed by atoms with Crippen LogP contribution in [0.3, 0.4) is 0 Å². The van der Waals surface area contributed by atoms with Crippen molar-refractivity contribution < 1.29 is 0 Å². The Labute approximate surface area is 116 Å². The smallest absolute Gasteiger partial charge is 0.0369 e. The van der Waals surface area contributed by atoms with Gasteiger partial charge in [0.2, 0.25) is 0 Å². The molecule has 1 heterocycles. The van der Waals surface area contributed by atoms with Crippen molar-refractivity contribution in [2.24, 2.45) is 5.84 Å². The van der Waals surface area contributed by atoms with E-state index in [9.17, 15) is 0 Å². The average Bonchev–Trinajstić information content (AvgIpc) is 2.39. The minimum Gasteiger partial charge on any atom is -0.271 e. The van der Waals surface area contributed by atoms with Crippen molar-refractivity contribution in [3.05, 3.63) is 34.3 Å². The number of hydrazine groups is 1. The molecular formula is C13H19BrN2S. The Morgan fingerprint density at radius 3 is 2.71 bits per heavy atom. The summed E-state index contributed by atoms with van der Waals surface area (Å²) >= 11 is 5.53. The molecule has 0 bridgehead atoms. The van der Waals surface area contributed by atoms with Gasteiger partial charge in [0.15, 0.2) is 0 Å². The fourth-order valence-corrected chi connectivity index (χ4v) is 3.93. The first-order valence-electron chi connectivity index (χ1n) is 6.12. The Bertz CT molecular complexity index is 336. The molecule has 1 aliphatic rings. The molecule has 0 spiro atoms. The van der Waals surface area contributed by atoms with E-state index in [2.05, 4.69) is 57.4 Å². The number of nitrogens with two attached hydrogens (primary N) is 1. The van der Waals surface area contributed by atoms with E-state index in [4.69, 9.17) is 5.84 Å². The fraction of sp³-hybridized carbons (Fsp3) is 0.538. The van der Waals surface area contributed by atoms with Gasteiger partial charge in [0, 0.05) is 15.8 Å². The third-order valence-corrected chi connectivity index (χ3v) is 5.29. The van der Waals surface area contributed by atoms with Crippen LogP contribution in [0.2, 0.25) is 0 Å². The molecule has 1 fully saturated rings. The minimum atomic E-state index is 0.390. The Hall–Kier alpha value is -0.0300. The van der Waals surface area contributed by atoms with Crippen molar-refractivity contribution in [1.82, 2.24) is 5.43 Å². The quantitative estimate of drug-likeness (QED) is 0.662. The summed E-state index contributed by atoms with van der Waals surface area (Å²) in [6.45, 7) is 0. The average molecular weight is 315 g/mol. The molecule has 2 nitrogen and oxygen atoms in total. The van der Waals surface area contributed by atoms with Crippen molar-refractivity contribution in [3.63, 3.8) is 0 Å². The molecule has 2 atom stereocenters. The van der Waals surface area contributed by atoms with Crippen molar-refractivity contribution >= 4 is 27.7 Å². The van der Waals surface area contributed by atoms with Gasteiger partial charge in [-0.2, -0.15) is 11.8 Å². The number of thioether (sulfide) groups is 1. The second kappa shape index (κ2) is 6.78. The lowest BCUT2D eigenvalue weighted by Gasteiger charge is -2.29. The fourth-order valence-electron chi connectivity index (χ4n) is 2.26. The van der Waals surface area contributed by atoms with E-state index in [1.165, 1.54) is 30.6 Å². The number of hydrogen-bond acceptors (Lipinski definition) is 3. The number of halogens is 1. The Morgan fingerprint density at radius 1 is 1.35 bits per heavy atom. The second-order valence-corrected chi connectivity index (χ2v) is 6.77. The molecule has 4 heteroatoms. The monoisotopic (exact) mass is 314 g/mol. The van der Waals surface area contributed by atoms with Crippen LogP contribution in [-0.4, -0.2) is 17.0 Å². The highest BCUT2D eigenvalue weighted by atomic mass is 79.9. The van der Waals surface area contributed by atoms with Gasteiger partial charge in [-0.15, -0.1) is 0 Å². The zero-order valence-electron chi connectivity index (χ0n) is 9.86. The standard InChI is InChI=1S/C13H19BrN2S/c14-11-6-4-10(5-7-11)9-12(16-15)13-3-1-2-8-17-13/h4-7,12-13,16H,1-3,8-9,15H2. The van der Waals surface area contributed by atoms with E-state index in [0.29, 0.717) is 11.3 Å². The van der Waals surface area contributed by atoms with Crippen LogP contribution in [0.15, 0.2) is 28.7 Å². The van der Waals surface area contributed by atoms with Gasteiger partial charge in [-0.3, -0.25) is 11.3 Å². The molecule has 2 rings (SSSR count). The van der Waals surface area contributed by atoms with Crippen molar-refractivity contribution in [2.45, 2.75) is 37.0 Å². The first-order valence-corrected chi connectivity index (χ1v) is 7.96. The predicted molar refractivity (Wildman–Crippen MR) is 79.1 cm³/mol. The third kappa shape index (κ3) is 3.98. The highest BCUT2D eigenvalue weighted by Gasteiger charge is 2.23. The molecule has 0 saturated carbocycles. The molecule has 1 aliphatic heterocycles. The molecule has 1 aromatic carbocycles. The maximum atomic E-state index is 5.71. The summed E-state index contributed by atoms with van der Waals surface area (Å²) in [6.07, 6.45) is 5.00. The highest BCUT2D eigenvalue weighted by Crippen LogP contribution is 2.28. The maximum Gasteiger partial charge on any atom is 0.0369 e. The maximum absolute atomic E-state index is 5.71. The van der Waals surface area contributed by atoms with E-state index < -0.39 is 0 Å². The van der Waals surface area contributed by atoms with Gasteiger partial charge >= 0.3 is 0 Å². The van der Waals surface area contributed by atoms with Crippen LogP contribution < -0.4 is 11.3 Å². The van der Waals surface area contributed by atoms with Crippen LogP contribution in [0.5, 0.6) is 0 Å². The van der Waals surface area contributed by atoms with Gasteiger partial charge in [-0.1, -0.05) is 34.5 Å². The minimum absolute atomic E-state index is 0.390. The van der Waals surface area contributed by atoms with E-state index in [1.54, 1.807) is 0 Å². The summed E-state index contributed by atoms with van der Waals surface area (Å²) in [5.41, 5.74) is 4.35. The summed E-state index contributed by atoms with van der Waals surface area (Å²) in [5, 5.41) is 0.664. The largest absolute Gasteiger partial charge is 0.271 e. The first kappa shape index (κ1) is 13.4. The summed E-state index contributed by atoms with van der Waals surface area (Å²) in [6, 6.07) is 8.92. The number of rotatable bonds is 4. The van der Waals surface area contributed by atoms with Crippen LogP contribution in [0.1, 0.15) is 24.8 Å². The molecule has 3 N–H and O–H groups in total. The Kier molecular flexibility index (Phi) is 5.35. The molecule has 0 radical (unpaired) electrons. The summed E-state index contributed by atoms with van der Waals surface area (Å²) in [4.78, 5) is 0. The van der Waals surface area contributed by atoms with Crippen LogP contribution in [0.25, 0.3) is 0 Å². The van der Waals surface area contributed by atoms with E-state index in [1.807, 2.05) is 0 Å². The van der Waals surface area contributed by atoms with E-state index >= 15 is 0 Å². The van der Waals surface area contributed by atoms with Gasteiger partial charge in [-0.25, -0.2) is 0 Å². The number of hydrogen-bond donors (Lipinski definition) is 2. The molecule has 0 aliphatic carbocycles. The SMILES string of the molecule is NNC(Cc1ccc(Br)cc1)C1CCCCS1. The molecule has 0 amide bonds. The lowest BCUT2D eigenvalue weighted by molar-refractivity contribution is 0.472. The molecule has 0 aromatic heterocycles. The molecule has 17 heavy (non-hydrogen) atoms. The van der Waals surface area contributed by atoms with Crippen LogP contribution in [0.4, 0.5) is 0 Å². The topological polar surface area (TPSA) is 38.0 Å². The molecule has 1 aromatic rings. The summed E-state index contributed by atoms with van der Waals surface area (Å²) in [7, 11) is 0. The molecular weight excluding hydrogens is 296 g/mol. The Morgan fingerprint density at radius 2 is 2.12 bits per heavy atom.